The molecule has 0 aromatic heterocycles. The van der Waals surface area contributed by atoms with Crippen molar-refractivity contribution in [2.75, 3.05) is 19.6 Å². The number of rotatable bonds is 4. The van der Waals surface area contributed by atoms with Gasteiger partial charge in [0.15, 0.2) is 0 Å². The first kappa shape index (κ1) is 15.4. The molecule has 1 aliphatic rings. The Hall–Kier alpha value is -0.610. The first-order chi connectivity index (χ1) is 8.32. The Kier molecular flexibility index (Phi) is 5.60. The Morgan fingerprint density at radius 2 is 1.83 bits per heavy atom. The van der Waals surface area contributed by atoms with Gasteiger partial charge in [0, 0.05) is 12.6 Å². The summed E-state index contributed by atoms with van der Waals surface area (Å²) < 4.78 is 0. The molecule has 0 saturated carbocycles. The molecule has 1 heterocycles. The first-order valence-electron chi connectivity index (χ1n) is 7.09. The second-order valence-electron chi connectivity index (χ2n) is 6.53. The zero-order chi connectivity index (χ0) is 13.8. The molecule has 4 nitrogen and oxygen atoms in total. The summed E-state index contributed by atoms with van der Waals surface area (Å²) >= 11 is 0. The van der Waals surface area contributed by atoms with Gasteiger partial charge in [0.1, 0.15) is 0 Å². The van der Waals surface area contributed by atoms with Crippen molar-refractivity contribution in [3.8, 4) is 0 Å². The average molecular weight is 255 g/mol. The second-order valence-corrected chi connectivity index (χ2v) is 6.53. The van der Waals surface area contributed by atoms with Crippen molar-refractivity contribution in [3.63, 3.8) is 0 Å². The van der Waals surface area contributed by atoms with E-state index in [1.807, 2.05) is 20.8 Å². The Morgan fingerprint density at radius 1 is 1.28 bits per heavy atom. The lowest BCUT2D eigenvalue weighted by Crippen LogP contribution is -2.52. The van der Waals surface area contributed by atoms with Crippen molar-refractivity contribution in [1.82, 2.24) is 10.2 Å². The summed E-state index contributed by atoms with van der Waals surface area (Å²) in [5.41, 5.74) is 5.75. The minimum atomic E-state index is -0.439. The monoisotopic (exact) mass is 255 g/mol. The first-order valence-corrected chi connectivity index (χ1v) is 7.09. The van der Waals surface area contributed by atoms with Crippen LogP contribution < -0.4 is 11.1 Å². The van der Waals surface area contributed by atoms with E-state index in [0.29, 0.717) is 12.6 Å². The fraction of sp³-hybridized carbons (Fsp3) is 0.929. The fourth-order valence-electron chi connectivity index (χ4n) is 2.24. The molecule has 1 unspecified atom stereocenters. The van der Waals surface area contributed by atoms with Crippen LogP contribution in [0.3, 0.4) is 0 Å². The summed E-state index contributed by atoms with van der Waals surface area (Å²) in [4.78, 5) is 14.4. The Labute approximate surface area is 111 Å². The molecule has 4 heteroatoms. The normalized spacial score (nSPS) is 21.4. The Balaban J connectivity index is 2.33. The number of nitrogens with one attached hydrogen (secondary N) is 1. The molecule has 106 valence electrons. The number of hydrogen-bond donors (Lipinski definition) is 2. The maximum absolute atomic E-state index is 11.9. The molecule has 1 rings (SSSR count). The molecule has 0 radical (unpaired) electrons. The molecule has 18 heavy (non-hydrogen) atoms. The second kappa shape index (κ2) is 6.53. The predicted molar refractivity (Wildman–Crippen MR) is 75.3 cm³/mol. The van der Waals surface area contributed by atoms with Gasteiger partial charge in [-0.2, -0.15) is 0 Å². The van der Waals surface area contributed by atoms with Gasteiger partial charge in [-0.3, -0.25) is 9.69 Å². The van der Waals surface area contributed by atoms with Gasteiger partial charge < -0.3 is 11.1 Å². The van der Waals surface area contributed by atoms with Gasteiger partial charge in [-0.05, 0) is 38.3 Å². The van der Waals surface area contributed by atoms with Crippen molar-refractivity contribution in [1.29, 1.82) is 0 Å². The van der Waals surface area contributed by atoms with Gasteiger partial charge in [-0.1, -0.05) is 27.2 Å². The van der Waals surface area contributed by atoms with Gasteiger partial charge in [0.25, 0.3) is 0 Å². The third kappa shape index (κ3) is 4.58. The number of amides is 1. The summed E-state index contributed by atoms with van der Waals surface area (Å²) in [7, 11) is 0. The molecule has 0 aromatic carbocycles. The van der Waals surface area contributed by atoms with E-state index in [1.165, 1.54) is 19.3 Å². The summed E-state index contributed by atoms with van der Waals surface area (Å²) in [6, 6.07) is -0.0347. The van der Waals surface area contributed by atoms with Gasteiger partial charge in [-0.15, -0.1) is 0 Å². The lowest BCUT2D eigenvalue weighted by molar-refractivity contribution is -0.124. The van der Waals surface area contributed by atoms with Crippen LogP contribution in [0.25, 0.3) is 0 Å². The Bertz CT molecular complexity index is 267. The standard InChI is InChI=1S/C14H29N3O/c1-11(17-8-6-5-7-9-17)10-16-13(18)12(15)14(2,3)4/h11-12H,5-10,15H2,1-4H3,(H,16,18)/t11?,12-/m1/s1. The van der Waals surface area contributed by atoms with Gasteiger partial charge in [0.05, 0.1) is 6.04 Å². The van der Waals surface area contributed by atoms with E-state index in [4.69, 9.17) is 5.73 Å². The van der Waals surface area contributed by atoms with E-state index in [2.05, 4.69) is 17.1 Å². The largest absolute Gasteiger partial charge is 0.353 e. The molecule has 1 saturated heterocycles. The Morgan fingerprint density at radius 3 is 2.33 bits per heavy atom. The number of carbonyl (C=O) groups excluding carboxylic acids is 1. The number of nitrogens with zero attached hydrogens (tertiary/aromatic N) is 1. The van der Waals surface area contributed by atoms with Crippen LogP contribution in [0.15, 0.2) is 0 Å². The van der Waals surface area contributed by atoms with Gasteiger partial charge in [-0.25, -0.2) is 0 Å². The highest BCUT2D eigenvalue weighted by molar-refractivity contribution is 5.82. The third-order valence-corrected chi connectivity index (χ3v) is 3.80. The lowest BCUT2D eigenvalue weighted by Gasteiger charge is -2.33. The average Bonchev–Trinajstić information content (AvgIpc) is 2.34. The van der Waals surface area contributed by atoms with E-state index in [1.54, 1.807) is 0 Å². The van der Waals surface area contributed by atoms with Crippen LogP contribution in [0, 0.1) is 5.41 Å². The van der Waals surface area contributed by atoms with Crippen molar-refractivity contribution < 1.29 is 4.79 Å². The van der Waals surface area contributed by atoms with Crippen molar-refractivity contribution in [2.45, 2.75) is 59.0 Å². The number of likely N-dealkylation sites (tertiary alicyclic amines) is 1. The zero-order valence-corrected chi connectivity index (χ0v) is 12.3. The number of hydrogen-bond acceptors (Lipinski definition) is 3. The molecule has 0 spiro atoms. The van der Waals surface area contributed by atoms with Crippen molar-refractivity contribution in [2.24, 2.45) is 11.1 Å². The molecule has 0 aromatic rings. The topological polar surface area (TPSA) is 58.4 Å². The van der Waals surface area contributed by atoms with Crippen LogP contribution in [0.2, 0.25) is 0 Å². The van der Waals surface area contributed by atoms with E-state index < -0.39 is 6.04 Å². The predicted octanol–water partition coefficient (Wildman–Crippen LogP) is 1.35. The van der Waals surface area contributed by atoms with Crippen LogP contribution in [-0.2, 0) is 4.79 Å². The summed E-state index contributed by atoms with van der Waals surface area (Å²) in [6.45, 7) is 11.2. The number of nitrogens with two attached hydrogens (primary N) is 1. The summed E-state index contributed by atoms with van der Waals surface area (Å²) in [5.74, 6) is -0.0358. The maximum Gasteiger partial charge on any atom is 0.237 e. The quantitative estimate of drug-likeness (QED) is 0.797. The highest BCUT2D eigenvalue weighted by Gasteiger charge is 2.27. The van der Waals surface area contributed by atoms with E-state index in [0.717, 1.165) is 13.1 Å². The van der Waals surface area contributed by atoms with Crippen LogP contribution in [0.4, 0.5) is 0 Å². The molecular formula is C14H29N3O. The molecule has 2 atom stereocenters. The zero-order valence-electron chi connectivity index (χ0n) is 12.3. The summed E-state index contributed by atoms with van der Waals surface area (Å²) in [6.07, 6.45) is 3.89. The van der Waals surface area contributed by atoms with Crippen LogP contribution >= 0.6 is 0 Å². The highest BCUT2D eigenvalue weighted by atomic mass is 16.2. The highest BCUT2D eigenvalue weighted by Crippen LogP contribution is 2.17. The molecule has 1 aliphatic heterocycles. The van der Waals surface area contributed by atoms with Crippen molar-refractivity contribution >= 4 is 5.91 Å². The van der Waals surface area contributed by atoms with Gasteiger partial charge in [0.2, 0.25) is 5.91 Å². The third-order valence-electron chi connectivity index (χ3n) is 3.80. The number of carbonyl (C=O) groups is 1. The molecule has 1 fully saturated rings. The number of piperidine rings is 1. The molecular weight excluding hydrogens is 226 g/mol. The molecule has 0 aliphatic carbocycles. The van der Waals surface area contributed by atoms with Gasteiger partial charge >= 0.3 is 0 Å². The SMILES string of the molecule is CC(CNC(=O)[C@@H](N)C(C)(C)C)N1CCCCC1. The van der Waals surface area contributed by atoms with Crippen LogP contribution in [-0.4, -0.2) is 42.5 Å². The van der Waals surface area contributed by atoms with Crippen LogP contribution in [0.1, 0.15) is 47.0 Å². The summed E-state index contributed by atoms with van der Waals surface area (Å²) in [5, 5.41) is 2.98. The van der Waals surface area contributed by atoms with Crippen molar-refractivity contribution in [3.05, 3.63) is 0 Å². The minimum absolute atomic E-state index is 0.0358. The lowest BCUT2D eigenvalue weighted by atomic mass is 9.87. The molecule has 0 bridgehead atoms. The minimum Gasteiger partial charge on any atom is -0.353 e. The maximum atomic E-state index is 11.9. The smallest absolute Gasteiger partial charge is 0.237 e. The van der Waals surface area contributed by atoms with Crippen LogP contribution in [0.5, 0.6) is 0 Å². The van der Waals surface area contributed by atoms with E-state index in [-0.39, 0.29) is 11.3 Å². The molecule has 1 amide bonds. The van der Waals surface area contributed by atoms with E-state index >= 15 is 0 Å². The van der Waals surface area contributed by atoms with E-state index in [9.17, 15) is 4.79 Å². The molecule has 3 N–H and O–H groups in total. The fourth-order valence-corrected chi connectivity index (χ4v) is 2.24.